The Bertz CT molecular complexity index is 605. The number of amides is 1. The fraction of sp³-hybridized carbons (Fsp3) is 0.786. The molecular formula is C14H22F3NO5S. The number of rotatable bonds is 3. The van der Waals surface area contributed by atoms with Gasteiger partial charge in [-0.05, 0) is 39.2 Å². The number of nitrogens with zero attached hydrogens (tertiary/aromatic N) is 1. The lowest BCUT2D eigenvalue weighted by Gasteiger charge is -2.26. The van der Waals surface area contributed by atoms with Gasteiger partial charge in [0.1, 0.15) is 11.4 Å². The van der Waals surface area contributed by atoms with Gasteiger partial charge in [0.25, 0.3) is 0 Å². The van der Waals surface area contributed by atoms with Crippen LogP contribution in [0.1, 0.15) is 47.0 Å². The molecule has 0 saturated heterocycles. The van der Waals surface area contributed by atoms with Gasteiger partial charge in [-0.1, -0.05) is 6.92 Å². The van der Waals surface area contributed by atoms with Crippen LogP contribution in [0.5, 0.6) is 0 Å². The monoisotopic (exact) mass is 373 g/mol. The van der Waals surface area contributed by atoms with E-state index in [4.69, 9.17) is 4.74 Å². The van der Waals surface area contributed by atoms with Crippen LogP contribution in [0, 0.1) is 0 Å². The molecule has 1 aliphatic heterocycles. The van der Waals surface area contributed by atoms with E-state index < -0.39 is 27.3 Å². The van der Waals surface area contributed by atoms with Crippen molar-refractivity contribution in [2.75, 3.05) is 13.1 Å². The summed E-state index contributed by atoms with van der Waals surface area (Å²) in [7, 11) is -5.72. The molecule has 0 aromatic heterocycles. The van der Waals surface area contributed by atoms with Gasteiger partial charge >= 0.3 is 21.7 Å². The molecule has 24 heavy (non-hydrogen) atoms. The molecule has 0 fully saturated rings. The van der Waals surface area contributed by atoms with Crippen LogP contribution < -0.4 is 0 Å². The van der Waals surface area contributed by atoms with Crippen LogP contribution in [-0.2, 0) is 19.0 Å². The highest BCUT2D eigenvalue weighted by atomic mass is 32.2. The average Bonchev–Trinajstić information content (AvgIpc) is 2.57. The molecule has 0 N–H and O–H groups in total. The molecule has 0 bridgehead atoms. The number of hydrogen-bond donors (Lipinski definition) is 0. The van der Waals surface area contributed by atoms with Crippen LogP contribution in [-0.4, -0.2) is 43.6 Å². The molecule has 1 rings (SSSR count). The van der Waals surface area contributed by atoms with Crippen molar-refractivity contribution in [3.05, 3.63) is 11.3 Å². The highest BCUT2D eigenvalue weighted by molar-refractivity contribution is 7.87. The zero-order valence-electron chi connectivity index (χ0n) is 14.1. The van der Waals surface area contributed by atoms with Gasteiger partial charge in [0, 0.05) is 19.5 Å². The number of halogens is 3. The lowest BCUT2D eigenvalue weighted by Crippen LogP contribution is -2.37. The fourth-order valence-corrected chi connectivity index (χ4v) is 2.66. The minimum atomic E-state index is -5.72. The van der Waals surface area contributed by atoms with E-state index in [0.717, 1.165) is 0 Å². The van der Waals surface area contributed by atoms with E-state index in [1.54, 1.807) is 27.7 Å². The van der Waals surface area contributed by atoms with Gasteiger partial charge in [0.15, 0.2) is 0 Å². The Morgan fingerprint density at radius 2 is 1.71 bits per heavy atom. The van der Waals surface area contributed by atoms with Crippen molar-refractivity contribution in [3.63, 3.8) is 0 Å². The van der Waals surface area contributed by atoms with Crippen molar-refractivity contribution >= 4 is 16.2 Å². The Kier molecular flexibility index (Phi) is 6.18. The van der Waals surface area contributed by atoms with E-state index in [0.29, 0.717) is 12.0 Å². The summed E-state index contributed by atoms with van der Waals surface area (Å²) < 4.78 is 69.4. The summed E-state index contributed by atoms with van der Waals surface area (Å²) in [5.41, 5.74) is -5.76. The molecule has 0 aromatic carbocycles. The SMILES string of the molecule is CCC1=C(OS(=O)(=O)C(F)(F)F)CCN(C(=O)OC(C)(C)C)CC1. The van der Waals surface area contributed by atoms with Crippen LogP contribution in [0.25, 0.3) is 0 Å². The zero-order valence-corrected chi connectivity index (χ0v) is 14.9. The number of hydrogen-bond acceptors (Lipinski definition) is 5. The summed E-state index contributed by atoms with van der Waals surface area (Å²) >= 11 is 0. The molecule has 0 aromatic rings. The molecule has 0 unspecified atom stereocenters. The zero-order chi connectivity index (χ0) is 18.8. The van der Waals surface area contributed by atoms with Crippen molar-refractivity contribution in [2.24, 2.45) is 0 Å². The fourth-order valence-electron chi connectivity index (χ4n) is 2.10. The molecule has 1 amide bonds. The molecule has 0 spiro atoms. The number of carbonyl (C=O) groups is 1. The van der Waals surface area contributed by atoms with E-state index in [-0.39, 0.29) is 31.7 Å². The standard InChI is InChI=1S/C14H22F3NO5S/c1-5-10-6-8-18(12(19)22-13(2,3)4)9-7-11(10)23-24(20,21)14(15,16)17/h5-9H2,1-4H3. The molecule has 0 radical (unpaired) electrons. The summed E-state index contributed by atoms with van der Waals surface area (Å²) in [5, 5.41) is 0. The van der Waals surface area contributed by atoms with Crippen LogP contribution in [0.4, 0.5) is 18.0 Å². The first-order chi connectivity index (χ1) is 10.8. The number of ether oxygens (including phenoxy) is 1. The first kappa shape index (κ1) is 20.6. The van der Waals surface area contributed by atoms with Gasteiger partial charge in [0.2, 0.25) is 0 Å². The van der Waals surface area contributed by atoms with Gasteiger partial charge in [-0.25, -0.2) is 4.79 Å². The second-order valence-electron chi connectivity index (χ2n) is 6.33. The first-order valence-electron chi connectivity index (χ1n) is 7.46. The molecule has 10 heteroatoms. The summed E-state index contributed by atoms with van der Waals surface area (Å²) in [6.45, 7) is 7.01. The Hall–Kier alpha value is -1.45. The summed E-state index contributed by atoms with van der Waals surface area (Å²) in [6, 6.07) is 0. The second-order valence-corrected chi connectivity index (χ2v) is 7.87. The van der Waals surface area contributed by atoms with E-state index >= 15 is 0 Å². The largest absolute Gasteiger partial charge is 0.534 e. The maximum absolute atomic E-state index is 12.5. The normalized spacial score (nSPS) is 17.5. The number of alkyl halides is 3. The van der Waals surface area contributed by atoms with E-state index in [9.17, 15) is 26.4 Å². The van der Waals surface area contributed by atoms with Crippen molar-refractivity contribution in [2.45, 2.75) is 58.1 Å². The highest BCUT2D eigenvalue weighted by Crippen LogP contribution is 2.31. The molecule has 1 heterocycles. The third kappa shape index (κ3) is 5.57. The Morgan fingerprint density at radius 3 is 2.17 bits per heavy atom. The van der Waals surface area contributed by atoms with Gasteiger partial charge in [-0.15, -0.1) is 0 Å². The predicted molar refractivity (Wildman–Crippen MR) is 80.4 cm³/mol. The lowest BCUT2D eigenvalue weighted by atomic mass is 10.1. The Balaban J connectivity index is 2.89. The van der Waals surface area contributed by atoms with E-state index in [1.165, 1.54) is 4.90 Å². The lowest BCUT2D eigenvalue weighted by molar-refractivity contribution is -0.0524. The third-order valence-electron chi connectivity index (χ3n) is 3.26. The maximum atomic E-state index is 12.5. The minimum Gasteiger partial charge on any atom is -0.444 e. The maximum Gasteiger partial charge on any atom is 0.534 e. The van der Waals surface area contributed by atoms with Crippen molar-refractivity contribution < 1.29 is 35.3 Å². The third-order valence-corrected chi connectivity index (χ3v) is 4.25. The predicted octanol–water partition coefficient (Wildman–Crippen LogP) is 3.55. The Labute approximate surface area is 139 Å². The van der Waals surface area contributed by atoms with E-state index in [2.05, 4.69) is 4.18 Å². The van der Waals surface area contributed by atoms with Crippen molar-refractivity contribution in [1.82, 2.24) is 4.90 Å². The van der Waals surface area contributed by atoms with Crippen LogP contribution in [0.15, 0.2) is 11.3 Å². The van der Waals surface area contributed by atoms with Gasteiger partial charge < -0.3 is 13.8 Å². The van der Waals surface area contributed by atoms with E-state index in [1.807, 2.05) is 0 Å². The van der Waals surface area contributed by atoms with Gasteiger partial charge in [-0.2, -0.15) is 21.6 Å². The summed E-state index contributed by atoms with van der Waals surface area (Å²) in [5.74, 6) is -0.249. The smallest absolute Gasteiger partial charge is 0.444 e. The summed E-state index contributed by atoms with van der Waals surface area (Å²) in [6.07, 6.45) is -0.181. The molecule has 0 aliphatic carbocycles. The van der Waals surface area contributed by atoms with Gasteiger partial charge in [-0.3, -0.25) is 0 Å². The van der Waals surface area contributed by atoms with Crippen molar-refractivity contribution in [1.29, 1.82) is 0 Å². The Morgan fingerprint density at radius 1 is 1.17 bits per heavy atom. The van der Waals surface area contributed by atoms with Gasteiger partial charge in [0.05, 0.1) is 0 Å². The van der Waals surface area contributed by atoms with Crippen LogP contribution in [0.3, 0.4) is 0 Å². The quantitative estimate of drug-likeness (QED) is 0.559. The van der Waals surface area contributed by atoms with Crippen LogP contribution >= 0.6 is 0 Å². The number of carbonyl (C=O) groups excluding carboxylic acids is 1. The second kappa shape index (κ2) is 7.20. The van der Waals surface area contributed by atoms with Crippen molar-refractivity contribution in [3.8, 4) is 0 Å². The highest BCUT2D eigenvalue weighted by Gasteiger charge is 2.49. The average molecular weight is 373 g/mol. The molecular weight excluding hydrogens is 351 g/mol. The topological polar surface area (TPSA) is 72.9 Å². The summed E-state index contributed by atoms with van der Waals surface area (Å²) in [4.78, 5) is 13.4. The molecule has 140 valence electrons. The molecule has 0 saturated carbocycles. The van der Waals surface area contributed by atoms with Crippen LogP contribution in [0.2, 0.25) is 0 Å². The first-order valence-corrected chi connectivity index (χ1v) is 8.87. The molecule has 1 aliphatic rings. The minimum absolute atomic E-state index is 0.0150. The molecule has 6 nitrogen and oxygen atoms in total. The molecule has 0 atom stereocenters.